The summed E-state index contributed by atoms with van der Waals surface area (Å²) in [5, 5.41) is 9.16. The minimum atomic E-state index is -1.00. The van der Waals surface area contributed by atoms with Crippen molar-refractivity contribution in [1.29, 1.82) is 0 Å². The normalized spacial score (nSPS) is 20.4. The van der Waals surface area contributed by atoms with Crippen LogP contribution in [0, 0.1) is 0 Å². The van der Waals surface area contributed by atoms with Crippen molar-refractivity contribution < 1.29 is 14.6 Å². The molecule has 1 fully saturated rings. The van der Waals surface area contributed by atoms with E-state index in [2.05, 4.69) is 4.98 Å². The summed E-state index contributed by atoms with van der Waals surface area (Å²) < 4.78 is 5.32. The summed E-state index contributed by atoms with van der Waals surface area (Å²) in [5.41, 5.74) is 0.152. The van der Waals surface area contributed by atoms with Crippen molar-refractivity contribution >= 4 is 23.4 Å². The standard InChI is InChI=1S/C11H13ClN2O3/c1-7-6-17-3-2-14(7)10-5-8(11(15)16)4-9(12)13-10/h4-5,7H,2-3,6H2,1H3,(H,15,16)/t7-/m1/s1. The number of rotatable bonds is 2. The van der Waals surface area contributed by atoms with E-state index in [-0.39, 0.29) is 16.8 Å². The second kappa shape index (κ2) is 4.89. The van der Waals surface area contributed by atoms with Crippen molar-refractivity contribution in [3.05, 3.63) is 22.8 Å². The van der Waals surface area contributed by atoms with E-state index in [9.17, 15) is 4.79 Å². The van der Waals surface area contributed by atoms with Gasteiger partial charge < -0.3 is 14.7 Å². The van der Waals surface area contributed by atoms with Gasteiger partial charge in [0.25, 0.3) is 0 Å². The number of pyridine rings is 1. The number of aromatic carboxylic acids is 1. The molecule has 5 nitrogen and oxygen atoms in total. The van der Waals surface area contributed by atoms with Gasteiger partial charge in [0.2, 0.25) is 0 Å². The summed E-state index contributed by atoms with van der Waals surface area (Å²) in [4.78, 5) is 17.1. The first kappa shape index (κ1) is 12.1. The Morgan fingerprint density at radius 1 is 1.65 bits per heavy atom. The van der Waals surface area contributed by atoms with E-state index >= 15 is 0 Å². The number of morpholine rings is 1. The van der Waals surface area contributed by atoms with Crippen LogP contribution in [0.15, 0.2) is 12.1 Å². The second-order valence-electron chi connectivity index (χ2n) is 3.96. The van der Waals surface area contributed by atoms with Gasteiger partial charge in [0, 0.05) is 6.54 Å². The molecule has 92 valence electrons. The molecular formula is C11H13ClN2O3. The molecule has 0 aliphatic carbocycles. The Balaban J connectivity index is 2.33. The van der Waals surface area contributed by atoms with Gasteiger partial charge in [-0.1, -0.05) is 11.6 Å². The van der Waals surface area contributed by atoms with E-state index in [0.29, 0.717) is 25.6 Å². The summed E-state index contributed by atoms with van der Waals surface area (Å²) in [6, 6.07) is 3.05. The average Bonchev–Trinajstić information content (AvgIpc) is 2.28. The van der Waals surface area contributed by atoms with Gasteiger partial charge in [-0.25, -0.2) is 9.78 Å². The molecule has 0 amide bonds. The molecule has 2 heterocycles. The highest BCUT2D eigenvalue weighted by atomic mass is 35.5. The van der Waals surface area contributed by atoms with Crippen molar-refractivity contribution in [2.75, 3.05) is 24.7 Å². The molecule has 17 heavy (non-hydrogen) atoms. The van der Waals surface area contributed by atoms with E-state index in [4.69, 9.17) is 21.4 Å². The highest BCUT2D eigenvalue weighted by Gasteiger charge is 2.21. The molecule has 1 N–H and O–H groups in total. The maximum Gasteiger partial charge on any atom is 0.335 e. The van der Waals surface area contributed by atoms with Crippen LogP contribution < -0.4 is 4.90 Å². The van der Waals surface area contributed by atoms with Crippen LogP contribution in [0.1, 0.15) is 17.3 Å². The van der Waals surface area contributed by atoms with E-state index < -0.39 is 5.97 Å². The number of carboxylic acids is 1. The van der Waals surface area contributed by atoms with Crippen LogP contribution in [0.3, 0.4) is 0 Å². The Hall–Kier alpha value is -1.33. The third-order valence-electron chi connectivity index (χ3n) is 2.69. The van der Waals surface area contributed by atoms with Crippen molar-refractivity contribution in [1.82, 2.24) is 4.98 Å². The smallest absolute Gasteiger partial charge is 0.335 e. The number of ether oxygens (including phenoxy) is 1. The van der Waals surface area contributed by atoms with E-state index in [1.54, 1.807) is 0 Å². The van der Waals surface area contributed by atoms with Crippen molar-refractivity contribution in [3.8, 4) is 0 Å². The SMILES string of the molecule is C[C@@H]1COCCN1c1cc(C(=O)O)cc(Cl)n1. The van der Waals surface area contributed by atoms with E-state index in [1.807, 2.05) is 11.8 Å². The van der Waals surface area contributed by atoms with Crippen molar-refractivity contribution in [3.63, 3.8) is 0 Å². The molecule has 0 spiro atoms. The summed E-state index contributed by atoms with van der Waals surface area (Å²) in [5.74, 6) is -0.415. The first-order valence-electron chi connectivity index (χ1n) is 5.33. The molecule has 0 saturated carbocycles. The van der Waals surface area contributed by atoms with Gasteiger partial charge in [-0.05, 0) is 19.1 Å². The zero-order chi connectivity index (χ0) is 12.4. The monoisotopic (exact) mass is 256 g/mol. The van der Waals surface area contributed by atoms with Crippen molar-refractivity contribution in [2.45, 2.75) is 13.0 Å². The number of nitrogens with zero attached hydrogens (tertiary/aromatic N) is 2. The lowest BCUT2D eigenvalue weighted by molar-refractivity contribution is 0.0696. The minimum absolute atomic E-state index is 0.152. The Morgan fingerprint density at radius 3 is 3.06 bits per heavy atom. The van der Waals surface area contributed by atoms with Crippen LogP contribution in [0.2, 0.25) is 5.15 Å². The molecule has 1 aliphatic heterocycles. The molecule has 1 aromatic heterocycles. The number of carbonyl (C=O) groups is 1. The zero-order valence-electron chi connectivity index (χ0n) is 9.39. The number of halogens is 1. The molecule has 1 aromatic rings. The Labute approximate surface area is 104 Å². The third kappa shape index (κ3) is 2.68. The largest absolute Gasteiger partial charge is 0.478 e. The molecule has 2 rings (SSSR count). The van der Waals surface area contributed by atoms with Gasteiger partial charge in [-0.2, -0.15) is 0 Å². The first-order valence-corrected chi connectivity index (χ1v) is 5.71. The summed E-state index contributed by atoms with van der Waals surface area (Å²) >= 11 is 5.83. The van der Waals surface area contributed by atoms with Gasteiger partial charge in [-0.15, -0.1) is 0 Å². The minimum Gasteiger partial charge on any atom is -0.478 e. The average molecular weight is 257 g/mol. The predicted molar refractivity (Wildman–Crippen MR) is 63.8 cm³/mol. The van der Waals surface area contributed by atoms with Crippen LogP contribution in [-0.2, 0) is 4.74 Å². The van der Waals surface area contributed by atoms with E-state index in [1.165, 1.54) is 12.1 Å². The molecule has 0 unspecified atom stereocenters. The maximum absolute atomic E-state index is 10.9. The fourth-order valence-corrected chi connectivity index (χ4v) is 2.03. The Bertz CT molecular complexity index is 439. The number of hydrogen-bond donors (Lipinski definition) is 1. The van der Waals surface area contributed by atoms with Gasteiger partial charge in [0.15, 0.2) is 0 Å². The van der Waals surface area contributed by atoms with Gasteiger partial charge >= 0.3 is 5.97 Å². The van der Waals surface area contributed by atoms with E-state index in [0.717, 1.165) is 0 Å². The van der Waals surface area contributed by atoms with Gasteiger partial charge in [0.05, 0.1) is 24.8 Å². The fourth-order valence-electron chi connectivity index (χ4n) is 1.82. The Kier molecular flexibility index (Phi) is 3.49. The van der Waals surface area contributed by atoms with Crippen LogP contribution in [0.25, 0.3) is 0 Å². The number of aromatic nitrogens is 1. The highest BCUT2D eigenvalue weighted by molar-refractivity contribution is 6.29. The fraction of sp³-hybridized carbons (Fsp3) is 0.455. The lowest BCUT2D eigenvalue weighted by atomic mass is 10.2. The van der Waals surface area contributed by atoms with Crippen LogP contribution >= 0.6 is 11.6 Å². The summed E-state index contributed by atoms with van der Waals surface area (Å²) in [6.45, 7) is 3.91. The predicted octanol–water partition coefficient (Wildman–Crippen LogP) is 1.66. The Morgan fingerprint density at radius 2 is 2.41 bits per heavy atom. The number of anilines is 1. The molecule has 0 bridgehead atoms. The topological polar surface area (TPSA) is 62.7 Å². The first-order chi connectivity index (χ1) is 8.08. The third-order valence-corrected chi connectivity index (χ3v) is 2.88. The molecule has 0 radical (unpaired) electrons. The lowest BCUT2D eigenvalue weighted by Crippen LogP contribution is -2.44. The maximum atomic E-state index is 10.9. The highest BCUT2D eigenvalue weighted by Crippen LogP contribution is 2.21. The molecule has 1 atom stereocenters. The zero-order valence-corrected chi connectivity index (χ0v) is 10.1. The van der Waals surface area contributed by atoms with Crippen molar-refractivity contribution in [2.24, 2.45) is 0 Å². The molecule has 0 aromatic carbocycles. The molecular weight excluding hydrogens is 244 g/mol. The quantitative estimate of drug-likeness (QED) is 0.816. The molecule has 1 aliphatic rings. The van der Waals surface area contributed by atoms with Crippen LogP contribution in [0.4, 0.5) is 5.82 Å². The number of carboxylic acid groups (broad SMARTS) is 1. The molecule has 1 saturated heterocycles. The van der Waals surface area contributed by atoms with Gasteiger partial charge in [0.1, 0.15) is 11.0 Å². The van der Waals surface area contributed by atoms with Crippen LogP contribution in [0.5, 0.6) is 0 Å². The summed E-state index contributed by atoms with van der Waals surface area (Å²) in [6.07, 6.45) is 0. The summed E-state index contributed by atoms with van der Waals surface area (Å²) in [7, 11) is 0. The molecule has 6 heteroatoms. The lowest BCUT2D eigenvalue weighted by Gasteiger charge is -2.34. The number of hydrogen-bond acceptors (Lipinski definition) is 4. The van der Waals surface area contributed by atoms with Crippen LogP contribution in [-0.4, -0.2) is 41.9 Å². The second-order valence-corrected chi connectivity index (χ2v) is 4.35. The van der Waals surface area contributed by atoms with Gasteiger partial charge in [-0.3, -0.25) is 0 Å².